The molecule has 1 saturated carbocycles. The number of benzene rings is 1. The molecule has 0 radical (unpaired) electrons. The zero-order chi connectivity index (χ0) is 22.2. The van der Waals surface area contributed by atoms with Gasteiger partial charge in [-0.1, -0.05) is 46.8 Å². The van der Waals surface area contributed by atoms with Crippen LogP contribution in [-0.4, -0.2) is 33.6 Å². The molecule has 0 saturated heterocycles. The molecule has 3 aromatic heterocycles. The third-order valence-electron chi connectivity index (χ3n) is 5.23. The molecule has 1 N–H and O–H groups in total. The van der Waals surface area contributed by atoms with E-state index in [2.05, 4.69) is 20.4 Å². The molecule has 0 aliphatic heterocycles. The van der Waals surface area contributed by atoms with Crippen LogP contribution in [0, 0.1) is 6.92 Å². The van der Waals surface area contributed by atoms with Gasteiger partial charge in [-0.05, 0) is 32.8 Å². The second-order valence-corrected chi connectivity index (χ2v) is 8.55. The van der Waals surface area contributed by atoms with Gasteiger partial charge in [-0.25, -0.2) is 14.8 Å². The Kier molecular flexibility index (Phi) is 5.18. The molecule has 0 atom stereocenters. The Hall–Kier alpha value is -3.59. The normalized spacial score (nSPS) is 13.3. The molecule has 9 heteroatoms. The third-order valence-corrected chi connectivity index (χ3v) is 6.28. The van der Waals surface area contributed by atoms with Gasteiger partial charge in [0.1, 0.15) is 10.6 Å². The first kappa shape index (κ1) is 20.3. The molecule has 5 rings (SSSR count). The topological polar surface area (TPSA) is 107 Å². The highest BCUT2D eigenvalue weighted by Gasteiger charge is 2.30. The minimum atomic E-state index is -0.448. The van der Waals surface area contributed by atoms with Crippen molar-refractivity contribution in [2.45, 2.75) is 32.6 Å². The van der Waals surface area contributed by atoms with Gasteiger partial charge in [-0.3, -0.25) is 10.1 Å². The molecule has 1 aromatic carbocycles. The summed E-state index contributed by atoms with van der Waals surface area (Å²) in [7, 11) is 0. The molecule has 1 aliphatic carbocycles. The number of amides is 1. The van der Waals surface area contributed by atoms with Crippen LogP contribution in [0.4, 0.5) is 5.13 Å². The van der Waals surface area contributed by atoms with Crippen molar-refractivity contribution in [3.63, 3.8) is 0 Å². The molecule has 32 heavy (non-hydrogen) atoms. The Balaban J connectivity index is 1.55. The summed E-state index contributed by atoms with van der Waals surface area (Å²) in [4.78, 5) is 34.8. The maximum Gasteiger partial charge on any atom is 0.350 e. The summed E-state index contributed by atoms with van der Waals surface area (Å²) in [5.41, 5.74) is 3.47. The third kappa shape index (κ3) is 3.75. The Morgan fingerprint density at radius 3 is 2.72 bits per heavy atom. The molecule has 0 bridgehead atoms. The summed E-state index contributed by atoms with van der Waals surface area (Å²) >= 11 is 1.09. The minimum Gasteiger partial charge on any atom is -0.462 e. The highest BCUT2D eigenvalue weighted by Crippen LogP contribution is 2.41. The Bertz CT molecular complexity index is 1320. The van der Waals surface area contributed by atoms with Crippen LogP contribution in [0.1, 0.15) is 57.1 Å². The Morgan fingerprint density at radius 1 is 1.22 bits per heavy atom. The highest BCUT2D eigenvalue weighted by molar-refractivity contribution is 7.17. The van der Waals surface area contributed by atoms with Crippen LogP contribution < -0.4 is 5.32 Å². The lowest BCUT2D eigenvalue weighted by Crippen LogP contribution is -2.13. The van der Waals surface area contributed by atoms with Crippen molar-refractivity contribution in [2.24, 2.45) is 0 Å². The fourth-order valence-corrected chi connectivity index (χ4v) is 4.39. The van der Waals surface area contributed by atoms with Gasteiger partial charge >= 0.3 is 5.97 Å². The lowest BCUT2D eigenvalue weighted by atomic mass is 10.0. The van der Waals surface area contributed by atoms with E-state index >= 15 is 0 Å². The first-order valence-corrected chi connectivity index (χ1v) is 11.2. The molecular formula is C23H20N4O4S. The number of nitrogens with zero attached hydrogens (tertiary/aromatic N) is 3. The number of anilines is 1. The van der Waals surface area contributed by atoms with Crippen LogP contribution in [0.15, 0.2) is 40.9 Å². The lowest BCUT2D eigenvalue weighted by Gasteiger charge is -2.07. The van der Waals surface area contributed by atoms with Gasteiger partial charge < -0.3 is 9.26 Å². The van der Waals surface area contributed by atoms with Crippen LogP contribution >= 0.6 is 11.3 Å². The minimum absolute atomic E-state index is 0.270. The summed E-state index contributed by atoms with van der Waals surface area (Å²) in [6, 6.07) is 11.3. The zero-order valence-electron chi connectivity index (χ0n) is 17.5. The second-order valence-electron chi connectivity index (χ2n) is 7.55. The number of aryl methyl sites for hydroxylation is 1. The van der Waals surface area contributed by atoms with E-state index in [1.165, 1.54) is 0 Å². The van der Waals surface area contributed by atoms with E-state index in [1.807, 2.05) is 36.4 Å². The zero-order valence-corrected chi connectivity index (χ0v) is 18.4. The van der Waals surface area contributed by atoms with Crippen LogP contribution in [0.2, 0.25) is 0 Å². The maximum absolute atomic E-state index is 13.4. The number of carbonyl (C=O) groups excluding carboxylic acids is 2. The van der Waals surface area contributed by atoms with Crippen LogP contribution in [0.5, 0.6) is 0 Å². The lowest BCUT2D eigenvalue weighted by molar-refractivity contribution is 0.0531. The first-order chi connectivity index (χ1) is 15.5. The molecule has 0 unspecified atom stereocenters. The highest BCUT2D eigenvalue weighted by atomic mass is 32.1. The van der Waals surface area contributed by atoms with Crippen LogP contribution in [0.3, 0.4) is 0 Å². The second kappa shape index (κ2) is 8.16. The molecule has 1 fully saturated rings. The predicted octanol–water partition coefficient (Wildman–Crippen LogP) is 4.96. The quantitative estimate of drug-likeness (QED) is 0.415. The summed E-state index contributed by atoms with van der Waals surface area (Å²) < 4.78 is 10.6. The van der Waals surface area contributed by atoms with Gasteiger partial charge in [0.2, 0.25) is 0 Å². The van der Waals surface area contributed by atoms with E-state index in [0.29, 0.717) is 44.0 Å². The standard InChI is InChI=1S/C23H20N4O4S/c1-3-30-22(29)19-12(2)24-23(32-19)26-20(28)15-11-16(13-9-10-13)25-21-17(15)18(27-31-21)14-7-5-4-6-8-14/h4-8,11,13H,3,9-10H2,1-2H3,(H,24,26,28). The number of aromatic nitrogens is 3. The molecular weight excluding hydrogens is 428 g/mol. The van der Waals surface area contributed by atoms with Gasteiger partial charge in [0, 0.05) is 17.2 Å². The molecule has 1 amide bonds. The van der Waals surface area contributed by atoms with Crippen molar-refractivity contribution in [3.8, 4) is 11.3 Å². The van der Waals surface area contributed by atoms with Crippen molar-refractivity contribution in [1.29, 1.82) is 0 Å². The predicted molar refractivity (Wildman–Crippen MR) is 120 cm³/mol. The van der Waals surface area contributed by atoms with E-state index in [1.54, 1.807) is 13.8 Å². The van der Waals surface area contributed by atoms with E-state index in [-0.39, 0.29) is 12.5 Å². The van der Waals surface area contributed by atoms with Crippen molar-refractivity contribution in [2.75, 3.05) is 11.9 Å². The number of ether oxygens (including phenoxy) is 1. The number of thiazole rings is 1. The Morgan fingerprint density at radius 2 is 2.00 bits per heavy atom. The molecule has 1 aliphatic rings. The summed E-state index contributed by atoms with van der Waals surface area (Å²) in [5, 5.41) is 7.91. The van der Waals surface area contributed by atoms with Crippen molar-refractivity contribution < 1.29 is 18.8 Å². The first-order valence-electron chi connectivity index (χ1n) is 10.4. The average Bonchev–Trinajstić information content (AvgIpc) is 3.46. The Labute approximate surface area is 187 Å². The molecule has 3 heterocycles. The summed E-state index contributed by atoms with van der Waals surface area (Å²) in [5.74, 6) is -0.478. The number of rotatable bonds is 6. The van der Waals surface area contributed by atoms with Crippen molar-refractivity contribution in [3.05, 3.63) is 58.2 Å². The van der Waals surface area contributed by atoms with Crippen LogP contribution in [0.25, 0.3) is 22.4 Å². The van der Waals surface area contributed by atoms with Gasteiger partial charge in [-0.2, -0.15) is 0 Å². The van der Waals surface area contributed by atoms with Gasteiger partial charge in [0.05, 0.1) is 23.3 Å². The maximum atomic E-state index is 13.4. The molecule has 8 nitrogen and oxygen atoms in total. The van der Waals surface area contributed by atoms with Gasteiger partial charge in [-0.15, -0.1) is 0 Å². The SMILES string of the molecule is CCOC(=O)c1sc(NC(=O)c2cc(C3CC3)nc3onc(-c4ccccc4)c23)nc1C. The number of carbonyl (C=O) groups is 2. The van der Waals surface area contributed by atoms with E-state index in [9.17, 15) is 9.59 Å². The number of esters is 1. The number of nitrogens with one attached hydrogen (secondary N) is 1. The van der Waals surface area contributed by atoms with Gasteiger partial charge in [0.25, 0.3) is 11.6 Å². The fraction of sp³-hybridized carbons (Fsp3) is 0.261. The van der Waals surface area contributed by atoms with Crippen molar-refractivity contribution >= 4 is 39.4 Å². The monoisotopic (exact) mass is 448 g/mol. The average molecular weight is 449 g/mol. The largest absolute Gasteiger partial charge is 0.462 e. The molecule has 4 aromatic rings. The number of fused-ring (bicyclic) bond motifs is 1. The van der Waals surface area contributed by atoms with Crippen molar-refractivity contribution in [1.82, 2.24) is 15.1 Å². The van der Waals surface area contributed by atoms with E-state index in [0.717, 1.165) is 35.4 Å². The van der Waals surface area contributed by atoms with Crippen LogP contribution in [-0.2, 0) is 4.74 Å². The number of hydrogen-bond acceptors (Lipinski definition) is 8. The number of pyridine rings is 1. The molecule has 162 valence electrons. The molecule has 0 spiro atoms. The van der Waals surface area contributed by atoms with Gasteiger partial charge in [0.15, 0.2) is 5.13 Å². The summed E-state index contributed by atoms with van der Waals surface area (Å²) in [6.07, 6.45) is 2.07. The summed E-state index contributed by atoms with van der Waals surface area (Å²) in [6.45, 7) is 3.72. The smallest absolute Gasteiger partial charge is 0.350 e. The van der Waals surface area contributed by atoms with E-state index in [4.69, 9.17) is 9.26 Å². The number of hydrogen-bond donors (Lipinski definition) is 1. The fourth-order valence-electron chi connectivity index (χ4n) is 3.53. The van der Waals surface area contributed by atoms with E-state index < -0.39 is 5.97 Å².